The molecular formula is C27H22BrN3O3S2. The second-order valence-corrected chi connectivity index (χ2v) is 11.0. The molecule has 3 aromatic carbocycles. The number of hydrogen-bond donors (Lipinski definition) is 2. The van der Waals surface area contributed by atoms with Crippen LogP contribution in [0.4, 0.5) is 5.69 Å². The summed E-state index contributed by atoms with van der Waals surface area (Å²) in [5.74, 6) is 0.451. The van der Waals surface area contributed by atoms with Gasteiger partial charge in [0, 0.05) is 37.3 Å². The lowest BCUT2D eigenvalue weighted by Crippen LogP contribution is -2.22. The van der Waals surface area contributed by atoms with Gasteiger partial charge in [-0.2, -0.15) is 0 Å². The highest BCUT2D eigenvalue weighted by atomic mass is 79.9. The predicted molar refractivity (Wildman–Crippen MR) is 148 cm³/mol. The van der Waals surface area contributed by atoms with Gasteiger partial charge in [0.1, 0.15) is 10.8 Å². The number of nitrogens with zero attached hydrogens (tertiary/aromatic N) is 1. The molecule has 2 amide bonds. The van der Waals surface area contributed by atoms with E-state index < -0.39 is 0 Å². The lowest BCUT2D eigenvalue weighted by molar-refractivity contribution is 0.0949. The van der Waals surface area contributed by atoms with Gasteiger partial charge in [-0.15, -0.1) is 11.3 Å². The molecule has 0 bridgehead atoms. The molecule has 1 aromatic heterocycles. The van der Waals surface area contributed by atoms with Gasteiger partial charge < -0.3 is 15.4 Å². The second kappa shape index (κ2) is 11.3. The van der Waals surface area contributed by atoms with E-state index in [2.05, 4.69) is 31.5 Å². The Labute approximate surface area is 225 Å². The molecule has 6 nitrogen and oxygen atoms in total. The number of amides is 2. The van der Waals surface area contributed by atoms with Gasteiger partial charge in [0.2, 0.25) is 0 Å². The highest BCUT2D eigenvalue weighted by molar-refractivity contribution is 9.09. The Bertz CT molecular complexity index is 1410. The summed E-state index contributed by atoms with van der Waals surface area (Å²) in [6.07, 6.45) is 2.74. The first kappa shape index (κ1) is 24.5. The fourth-order valence-corrected chi connectivity index (χ4v) is 5.74. The summed E-state index contributed by atoms with van der Waals surface area (Å²) in [6, 6.07) is 20.7. The average molecular weight is 581 g/mol. The maximum absolute atomic E-state index is 12.8. The molecule has 2 heterocycles. The summed E-state index contributed by atoms with van der Waals surface area (Å²) in [6.45, 7) is 1.04. The second-order valence-electron chi connectivity index (χ2n) is 7.99. The predicted octanol–water partition coefficient (Wildman–Crippen LogP) is 6.62. The topological polar surface area (TPSA) is 80.3 Å². The van der Waals surface area contributed by atoms with Crippen molar-refractivity contribution in [3.8, 4) is 16.3 Å². The molecule has 2 N–H and O–H groups in total. The fourth-order valence-electron chi connectivity index (χ4n) is 3.64. The van der Waals surface area contributed by atoms with Gasteiger partial charge in [0.05, 0.1) is 24.4 Å². The van der Waals surface area contributed by atoms with Crippen LogP contribution in [-0.4, -0.2) is 28.7 Å². The van der Waals surface area contributed by atoms with E-state index in [4.69, 9.17) is 4.74 Å². The van der Waals surface area contributed by atoms with Gasteiger partial charge >= 0.3 is 0 Å². The van der Waals surface area contributed by atoms with Gasteiger partial charge in [-0.25, -0.2) is 4.98 Å². The molecular weight excluding hydrogens is 558 g/mol. The van der Waals surface area contributed by atoms with Crippen LogP contribution in [0.15, 0.2) is 82.7 Å². The summed E-state index contributed by atoms with van der Waals surface area (Å²) in [7, 11) is 0. The van der Waals surface area contributed by atoms with Crippen molar-refractivity contribution in [3.63, 3.8) is 0 Å². The van der Waals surface area contributed by atoms with Crippen LogP contribution >= 0.6 is 39.0 Å². The van der Waals surface area contributed by atoms with Crippen LogP contribution in [0.1, 0.15) is 32.0 Å². The first-order valence-corrected chi connectivity index (χ1v) is 14.1. The number of anilines is 1. The van der Waals surface area contributed by atoms with Crippen molar-refractivity contribution in [1.29, 1.82) is 0 Å². The van der Waals surface area contributed by atoms with Crippen molar-refractivity contribution in [2.45, 2.75) is 22.8 Å². The van der Waals surface area contributed by atoms with Crippen molar-refractivity contribution in [2.75, 3.05) is 17.3 Å². The number of ether oxygens (including phenoxy) is 1. The van der Waals surface area contributed by atoms with Crippen LogP contribution in [0.25, 0.3) is 10.6 Å². The van der Waals surface area contributed by atoms with Crippen molar-refractivity contribution in [2.24, 2.45) is 0 Å². The van der Waals surface area contributed by atoms with Crippen molar-refractivity contribution < 1.29 is 14.3 Å². The zero-order valence-corrected chi connectivity index (χ0v) is 22.3. The lowest BCUT2D eigenvalue weighted by Gasteiger charge is -2.09. The van der Waals surface area contributed by atoms with E-state index in [0.717, 1.165) is 42.7 Å². The molecule has 5 rings (SSSR count). The van der Waals surface area contributed by atoms with E-state index in [-0.39, 0.29) is 11.8 Å². The van der Waals surface area contributed by atoms with Gasteiger partial charge in [-0.1, -0.05) is 39.8 Å². The summed E-state index contributed by atoms with van der Waals surface area (Å²) >= 11 is 6.45. The third-order valence-corrected chi connectivity index (χ3v) is 8.23. The highest BCUT2D eigenvalue weighted by Crippen LogP contribution is 2.39. The van der Waals surface area contributed by atoms with Gasteiger partial charge in [0.25, 0.3) is 11.8 Å². The summed E-state index contributed by atoms with van der Waals surface area (Å²) in [5.41, 5.74) is 2.75. The standard InChI is InChI=1S/C27H22BrN3O3S2/c28-12-3-13-34-19-9-6-17(7-10-19)27-30-16-20(35-27)15-29-25(32)18-8-11-24-22(14-18)31-26(33)21-4-1-2-5-23(21)36-24/h1-2,4-11,14,16H,3,12-13,15H2,(H,29,32)(H,31,33). The minimum atomic E-state index is -0.209. The zero-order valence-electron chi connectivity index (χ0n) is 19.1. The fraction of sp³-hybridized carbons (Fsp3) is 0.148. The van der Waals surface area contributed by atoms with Gasteiger partial charge in [0.15, 0.2) is 0 Å². The van der Waals surface area contributed by atoms with E-state index in [0.29, 0.717) is 30.0 Å². The number of halogens is 1. The highest BCUT2D eigenvalue weighted by Gasteiger charge is 2.20. The SMILES string of the molecule is O=C(NCc1cnc(-c2ccc(OCCCBr)cc2)s1)c1ccc2c(c1)NC(=O)c1ccccc1S2. The molecule has 0 saturated heterocycles. The molecule has 9 heteroatoms. The average Bonchev–Trinajstić information content (AvgIpc) is 3.32. The first-order valence-electron chi connectivity index (χ1n) is 11.3. The third-order valence-electron chi connectivity index (χ3n) is 5.47. The normalized spacial score (nSPS) is 12.2. The van der Waals surface area contributed by atoms with Crippen LogP contribution in [0.5, 0.6) is 5.75 Å². The number of carbonyl (C=O) groups excluding carboxylic acids is 2. The number of fused-ring (bicyclic) bond motifs is 2. The van der Waals surface area contributed by atoms with E-state index >= 15 is 0 Å². The number of hydrogen-bond acceptors (Lipinski definition) is 6. The molecule has 182 valence electrons. The smallest absolute Gasteiger partial charge is 0.256 e. The minimum absolute atomic E-state index is 0.176. The Kier molecular flexibility index (Phi) is 7.69. The summed E-state index contributed by atoms with van der Waals surface area (Å²) in [5, 5.41) is 7.69. The van der Waals surface area contributed by atoms with Crippen LogP contribution in [0.3, 0.4) is 0 Å². The van der Waals surface area contributed by atoms with Crippen LogP contribution in [0, 0.1) is 0 Å². The number of thiazole rings is 1. The Hall–Kier alpha value is -3.14. The number of benzene rings is 3. The summed E-state index contributed by atoms with van der Waals surface area (Å²) < 4.78 is 5.69. The molecule has 0 radical (unpaired) electrons. The number of alkyl halides is 1. The molecule has 0 saturated carbocycles. The van der Waals surface area contributed by atoms with E-state index in [1.807, 2.05) is 48.5 Å². The number of aromatic nitrogens is 1. The Morgan fingerprint density at radius 3 is 2.72 bits per heavy atom. The Morgan fingerprint density at radius 1 is 1.06 bits per heavy atom. The number of rotatable bonds is 8. The van der Waals surface area contributed by atoms with Crippen LogP contribution < -0.4 is 15.4 Å². The Morgan fingerprint density at radius 2 is 1.89 bits per heavy atom. The minimum Gasteiger partial charge on any atom is -0.494 e. The molecule has 0 aliphatic carbocycles. The zero-order chi connectivity index (χ0) is 24.9. The maximum atomic E-state index is 12.8. The van der Waals surface area contributed by atoms with Crippen molar-refractivity contribution in [3.05, 3.63) is 88.9 Å². The molecule has 0 spiro atoms. The maximum Gasteiger partial charge on any atom is 0.256 e. The number of carbonyl (C=O) groups is 2. The van der Waals surface area contributed by atoms with Gasteiger partial charge in [-0.3, -0.25) is 9.59 Å². The lowest BCUT2D eigenvalue weighted by atomic mass is 10.1. The van der Waals surface area contributed by atoms with E-state index in [1.165, 1.54) is 23.1 Å². The molecule has 0 unspecified atom stereocenters. The van der Waals surface area contributed by atoms with Crippen molar-refractivity contribution in [1.82, 2.24) is 10.3 Å². The molecule has 36 heavy (non-hydrogen) atoms. The Balaban J connectivity index is 1.21. The number of nitrogens with one attached hydrogen (secondary N) is 2. The first-order chi connectivity index (χ1) is 17.6. The van der Waals surface area contributed by atoms with E-state index in [1.54, 1.807) is 24.4 Å². The van der Waals surface area contributed by atoms with E-state index in [9.17, 15) is 9.59 Å². The summed E-state index contributed by atoms with van der Waals surface area (Å²) in [4.78, 5) is 32.7. The van der Waals surface area contributed by atoms with Crippen LogP contribution in [0.2, 0.25) is 0 Å². The molecule has 4 aromatic rings. The largest absolute Gasteiger partial charge is 0.494 e. The molecule has 0 fully saturated rings. The molecule has 0 atom stereocenters. The van der Waals surface area contributed by atoms with Gasteiger partial charge in [-0.05, 0) is 61.0 Å². The monoisotopic (exact) mass is 579 g/mol. The molecule has 1 aliphatic rings. The quantitative estimate of drug-likeness (QED) is 0.181. The van der Waals surface area contributed by atoms with Crippen LogP contribution in [-0.2, 0) is 6.54 Å². The third kappa shape index (κ3) is 5.64. The molecule has 1 aliphatic heterocycles. The van der Waals surface area contributed by atoms with Crippen molar-refractivity contribution >= 4 is 56.5 Å².